The summed E-state index contributed by atoms with van der Waals surface area (Å²) in [5.41, 5.74) is 0.872. The van der Waals surface area contributed by atoms with Crippen LogP contribution in [0.1, 0.15) is 0 Å². The third kappa shape index (κ3) is 1.36. The first-order valence-electron chi connectivity index (χ1n) is 3.21. The number of rotatable bonds is 0. The quantitative estimate of drug-likeness (QED) is 0.667. The molecule has 12 heavy (non-hydrogen) atoms. The first kappa shape index (κ1) is 8.78. The molecule has 1 aromatic heterocycles. The van der Waals surface area contributed by atoms with Crippen LogP contribution in [-0.4, -0.2) is 0 Å². The van der Waals surface area contributed by atoms with Crippen LogP contribution in [0.3, 0.4) is 0 Å². The van der Waals surface area contributed by atoms with Gasteiger partial charge in [0.25, 0.3) is 0 Å². The highest BCUT2D eigenvalue weighted by Gasteiger charge is 2.08. The molecular formula is C8H3Br3O. The highest BCUT2D eigenvalue weighted by atomic mass is 79.9. The molecule has 0 saturated heterocycles. The molecule has 0 fully saturated rings. The minimum atomic E-state index is 0.732. The Bertz CT molecular complexity index is 433. The Morgan fingerprint density at radius 2 is 1.83 bits per heavy atom. The minimum absolute atomic E-state index is 0.732. The van der Waals surface area contributed by atoms with Crippen LogP contribution in [0.2, 0.25) is 0 Å². The molecule has 2 rings (SSSR count). The van der Waals surface area contributed by atoms with E-state index < -0.39 is 0 Å². The molecule has 0 bridgehead atoms. The fourth-order valence-electron chi connectivity index (χ4n) is 1.01. The maximum Gasteiger partial charge on any atom is 0.184 e. The lowest BCUT2D eigenvalue weighted by Crippen LogP contribution is -1.65. The van der Waals surface area contributed by atoms with E-state index >= 15 is 0 Å². The molecule has 1 heterocycles. The first-order chi connectivity index (χ1) is 5.68. The van der Waals surface area contributed by atoms with Crippen LogP contribution >= 0.6 is 47.8 Å². The van der Waals surface area contributed by atoms with Crippen LogP contribution in [0.15, 0.2) is 36.2 Å². The van der Waals surface area contributed by atoms with Crippen molar-refractivity contribution in [2.24, 2.45) is 0 Å². The molecule has 62 valence electrons. The Labute approximate surface area is 94.5 Å². The van der Waals surface area contributed by atoms with E-state index in [1.165, 1.54) is 0 Å². The Kier molecular flexibility index (Phi) is 2.31. The number of furan rings is 1. The summed E-state index contributed by atoms with van der Waals surface area (Å²) in [7, 11) is 0. The summed E-state index contributed by atoms with van der Waals surface area (Å²) >= 11 is 10.1. The molecule has 0 aliphatic heterocycles. The van der Waals surface area contributed by atoms with E-state index in [1.54, 1.807) is 0 Å². The first-order valence-corrected chi connectivity index (χ1v) is 5.59. The van der Waals surface area contributed by atoms with Crippen LogP contribution in [0.4, 0.5) is 0 Å². The van der Waals surface area contributed by atoms with Crippen LogP contribution in [-0.2, 0) is 0 Å². The van der Waals surface area contributed by atoms with Gasteiger partial charge in [-0.1, -0.05) is 15.9 Å². The van der Waals surface area contributed by atoms with Gasteiger partial charge in [0.1, 0.15) is 5.58 Å². The third-order valence-electron chi connectivity index (χ3n) is 1.55. The van der Waals surface area contributed by atoms with Gasteiger partial charge < -0.3 is 4.42 Å². The lowest BCUT2D eigenvalue weighted by atomic mass is 10.3. The fraction of sp³-hybridized carbons (Fsp3) is 0. The van der Waals surface area contributed by atoms with E-state index in [1.807, 2.05) is 18.2 Å². The van der Waals surface area contributed by atoms with E-state index in [0.29, 0.717) is 0 Å². The fourth-order valence-corrected chi connectivity index (χ4v) is 2.15. The van der Waals surface area contributed by atoms with Gasteiger partial charge in [-0.2, -0.15) is 0 Å². The number of benzene rings is 1. The smallest absolute Gasteiger partial charge is 0.184 e. The standard InChI is InChI=1S/C8H3Br3O/c9-4-1-2-6-5(3-4)7(10)8(11)12-6/h1-3H. The predicted octanol–water partition coefficient (Wildman–Crippen LogP) is 4.72. The summed E-state index contributed by atoms with van der Waals surface area (Å²) < 4.78 is 8.14. The Balaban J connectivity index is 2.88. The summed E-state index contributed by atoms with van der Waals surface area (Å²) in [4.78, 5) is 0. The molecule has 4 heteroatoms. The van der Waals surface area contributed by atoms with E-state index in [9.17, 15) is 0 Å². The molecule has 2 aromatic rings. The molecule has 0 aliphatic rings. The van der Waals surface area contributed by atoms with Gasteiger partial charge in [-0.3, -0.25) is 0 Å². The van der Waals surface area contributed by atoms with Crippen molar-refractivity contribution in [3.63, 3.8) is 0 Å². The van der Waals surface area contributed by atoms with Gasteiger partial charge in [-0.15, -0.1) is 0 Å². The monoisotopic (exact) mass is 352 g/mol. The second kappa shape index (κ2) is 3.16. The molecular weight excluding hydrogens is 352 g/mol. The molecule has 0 atom stereocenters. The average molecular weight is 355 g/mol. The zero-order valence-electron chi connectivity index (χ0n) is 5.77. The lowest BCUT2D eigenvalue weighted by molar-refractivity contribution is 0.585. The van der Waals surface area contributed by atoms with Crippen molar-refractivity contribution in [2.45, 2.75) is 0 Å². The van der Waals surface area contributed by atoms with Crippen molar-refractivity contribution in [1.29, 1.82) is 0 Å². The van der Waals surface area contributed by atoms with Crippen molar-refractivity contribution in [1.82, 2.24) is 0 Å². The lowest BCUT2D eigenvalue weighted by Gasteiger charge is -1.89. The van der Waals surface area contributed by atoms with Gasteiger partial charge in [0.05, 0.1) is 4.47 Å². The number of fused-ring (bicyclic) bond motifs is 1. The van der Waals surface area contributed by atoms with Crippen molar-refractivity contribution in [3.05, 3.63) is 31.8 Å². The normalized spacial score (nSPS) is 10.9. The maximum atomic E-state index is 5.40. The molecule has 0 aliphatic carbocycles. The molecule has 0 radical (unpaired) electrons. The van der Waals surface area contributed by atoms with Crippen molar-refractivity contribution in [2.75, 3.05) is 0 Å². The SMILES string of the molecule is Brc1ccc2oc(Br)c(Br)c2c1. The zero-order valence-corrected chi connectivity index (χ0v) is 10.5. The molecule has 0 saturated carbocycles. The summed E-state index contributed by atoms with van der Waals surface area (Å²) in [5, 5.41) is 1.07. The Hall–Kier alpha value is 0.200. The average Bonchev–Trinajstić information content (AvgIpc) is 2.31. The van der Waals surface area contributed by atoms with E-state index in [2.05, 4.69) is 47.8 Å². The van der Waals surface area contributed by atoms with Crippen LogP contribution in [0.5, 0.6) is 0 Å². The number of hydrogen-bond donors (Lipinski definition) is 0. The second-order valence-corrected chi connectivity index (χ2v) is 4.76. The van der Waals surface area contributed by atoms with Crippen LogP contribution < -0.4 is 0 Å². The Morgan fingerprint density at radius 1 is 1.08 bits per heavy atom. The van der Waals surface area contributed by atoms with Gasteiger partial charge in [0.2, 0.25) is 0 Å². The van der Waals surface area contributed by atoms with Gasteiger partial charge in [-0.25, -0.2) is 0 Å². The molecule has 1 aromatic carbocycles. The van der Waals surface area contributed by atoms with E-state index in [-0.39, 0.29) is 0 Å². The number of hydrogen-bond acceptors (Lipinski definition) is 1. The highest BCUT2D eigenvalue weighted by molar-refractivity contribution is 9.13. The molecule has 1 nitrogen and oxygen atoms in total. The molecule has 0 N–H and O–H groups in total. The largest absolute Gasteiger partial charge is 0.448 e. The van der Waals surface area contributed by atoms with Gasteiger partial charge >= 0.3 is 0 Å². The summed E-state index contributed by atoms with van der Waals surface area (Å²) in [6.45, 7) is 0. The van der Waals surface area contributed by atoms with Gasteiger partial charge in [0.15, 0.2) is 4.67 Å². The molecule has 0 unspecified atom stereocenters. The zero-order chi connectivity index (χ0) is 8.72. The van der Waals surface area contributed by atoms with Crippen LogP contribution in [0.25, 0.3) is 11.0 Å². The van der Waals surface area contributed by atoms with Crippen molar-refractivity contribution >= 4 is 58.8 Å². The molecule has 0 amide bonds. The van der Waals surface area contributed by atoms with Crippen molar-refractivity contribution in [3.8, 4) is 0 Å². The maximum absolute atomic E-state index is 5.40. The molecule has 0 spiro atoms. The van der Waals surface area contributed by atoms with E-state index in [0.717, 1.165) is 24.6 Å². The minimum Gasteiger partial charge on any atom is -0.448 e. The predicted molar refractivity (Wildman–Crippen MR) is 59.3 cm³/mol. The van der Waals surface area contributed by atoms with Crippen LogP contribution in [0, 0.1) is 0 Å². The van der Waals surface area contributed by atoms with E-state index in [4.69, 9.17) is 4.42 Å². The topological polar surface area (TPSA) is 13.1 Å². The number of halogens is 3. The summed E-state index contributed by atoms with van der Waals surface area (Å²) in [6.07, 6.45) is 0. The van der Waals surface area contributed by atoms with Gasteiger partial charge in [-0.05, 0) is 50.1 Å². The highest BCUT2D eigenvalue weighted by Crippen LogP contribution is 2.35. The van der Waals surface area contributed by atoms with Gasteiger partial charge in [0, 0.05) is 9.86 Å². The Morgan fingerprint density at radius 3 is 2.58 bits per heavy atom. The summed E-state index contributed by atoms with van der Waals surface area (Å²) in [5.74, 6) is 0. The second-order valence-electron chi connectivity index (χ2n) is 2.33. The van der Waals surface area contributed by atoms with Crippen molar-refractivity contribution < 1.29 is 4.42 Å². The summed E-state index contributed by atoms with van der Waals surface area (Å²) in [6, 6.07) is 5.88. The third-order valence-corrected chi connectivity index (χ3v) is 3.92.